The Morgan fingerprint density at radius 3 is 2.58 bits per heavy atom. The number of carbonyl (C=O) groups excluding carboxylic acids is 2. The van der Waals surface area contributed by atoms with Gasteiger partial charge in [-0.2, -0.15) is 0 Å². The van der Waals surface area contributed by atoms with Crippen LogP contribution in [0, 0.1) is 0 Å². The summed E-state index contributed by atoms with van der Waals surface area (Å²) in [5, 5.41) is 0. The summed E-state index contributed by atoms with van der Waals surface area (Å²) >= 11 is 0. The smallest absolute Gasteiger partial charge is 0.410 e. The molecule has 1 fully saturated rings. The van der Waals surface area contributed by atoms with Crippen LogP contribution in [0.15, 0.2) is 18.2 Å². The maximum Gasteiger partial charge on any atom is 0.410 e. The topological polar surface area (TPSA) is 55.8 Å². The van der Waals surface area contributed by atoms with Crippen LogP contribution in [-0.2, 0) is 11.2 Å². The summed E-state index contributed by atoms with van der Waals surface area (Å²) < 4.78 is 11.7. The molecule has 0 unspecified atom stereocenters. The molecule has 2 heterocycles. The van der Waals surface area contributed by atoms with Crippen molar-refractivity contribution < 1.29 is 19.1 Å². The maximum absolute atomic E-state index is 12.7. The Kier molecular flexibility index (Phi) is 5.00. The van der Waals surface area contributed by atoms with E-state index in [0.717, 1.165) is 12.8 Å². The van der Waals surface area contributed by atoms with E-state index in [4.69, 9.17) is 9.47 Å². The molecule has 142 valence electrons. The number of likely N-dealkylation sites (tertiary alicyclic amines) is 1. The molecule has 0 N–H and O–H groups in total. The van der Waals surface area contributed by atoms with Crippen LogP contribution in [0.5, 0.6) is 5.75 Å². The Labute approximate surface area is 155 Å². The van der Waals surface area contributed by atoms with E-state index in [2.05, 4.69) is 6.92 Å². The van der Waals surface area contributed by atoms with E-state index in [1.165, 1.54) is 5.56 Å². The zero-order valence-corrected chi connectivity index (χ0v) is 16.3. The van der Waals surface area contributed by atoms with Gasteiger partial charge in [-0.1, -0.05) is 19.4 Å². The zero-order valence-electron chi connectivity index (χ0n) is 16.3. The molecule has 0 aromatic heterocycles. The lowest BCUT2D eigenvalue weighted by atomic mass is 9.82. The van der Waals surface area contributed by atoms with Gasteiger partial charge in [0.1, 0.15) is 17.0 Å². The Morgan fingerprint density at radius 1 is 1.27 bits per heavy atom. The third kappa shape index (κ3) is 4.02. The van der Waals surface area contributed by atoms with Gasteiger partial charge in [0.25, 0.3) is 0 Å². The van der Waals surface area contributed by atoms with Crippen LogP contribution < -0.4 is 4.74 Å². The molecule has 1 saturated heterocycles. The van der Waals surface area contributed by atoms with Crippen molar-refractivity contribution in [1.29, 1.82) is 0 Å². The lowest BCUT2D eigenvalue weighted by Crippen LogP contribution is -2.53. The van der Waals surface area contributed by atoms with Crippen LogP contribution in [0.1, 0.15) is 69.3 Å². The summed E-state index contributed by atoms with van der Waals surface area (Å²) in [5.41, 5.74) is 0.892. The molecule has 1 aromatic carbocycles. The molecule has 1 spiro atoms. The molecule has 1 amide bonds. The van der Waals surface area contributed by atoms with Gasteiger partial charge in [-0.3, -0.25) is 4.79 Å². The average Bonchev–Trinajstić information content (AvgIpc) is 2.55. The second-order valence-corrected chi connectivity index (χ2v) is 8.43. The molecule has 0 radical (unpaired) electrons. The lowest BCUT2D eigenvalue weighted by molar-refractivity contribution is -0.0226. The van der Waals surface area contributed by atoms with Gasteiger partial charge in [0, 0.05) is 25.9 Å². The Hall–Kier alpha value is -2.04. The number of hydrogen-bond acceptors (Lipinski definition) is 4. The first-order chi connectivity index (χ1) is 12.2. The molecule has 0 atom stereocenters. The highest BCUT2D eigenvalue weighted by Gasteiger charge is 2.44. The first-order valence-corrected chi connectivity index (χ1v) is 9.54. The van der Waals surface area contributed by atoms with E-state index in [0.29, 0.717) is 43.7 Å². The number of rotatable bonds is 2. The first-order valence-electron chi connectivity index (χ1n) is 9.54. The van der Waals surface area contributed by atoms with Crippen LogP contribution in [0.25, 0.3) is 0 Å². The summed E-state index contributed by atoms with van der Waals surface area (Å²) in [4.78, 5) is 26.7. The van der Waals surface area contributed by atoms with Gasteiger partial charge in [0.15, 0.2) is 5.78 Å². The van der Waals surface area contributed by atoms with E-state index in [9.17, 15) is 9.59 Å². The molecule has 0 aliphatic carbocycles. The molecule has 26 heavy (non-hydrogen) atoms. The van der Waals surface area contributed by atoms with E-state index in [-0.39, 0.29) is 11.9 Å². The van der Waals surface area contributed by atoms with Crippen LogP contribution in [0.4, 0.5) is 4.79 Å². The van der Waals surface area contributed by atoms with E-state index < -0.39 is 11.2 Å². The Balaban J connectivity index is 1.68. The van der Waals surface area contributed by atoms with Crippen LogP contribution >= 0.6 is 0 Å². The lowest BCUT2D eigenvalue weighted by Gasteiger charge is -2.44. The number of benzene rings is 1. The fraction of sp³-hybridized carbons (Fsp3) is 0.619. The quantitative estimate of drug-likeness (QED) is 0.786. The summed E-state index contributed by atoms with van der Waals surface area (Å²) in [6.45, 7) is 8.82. The first kappa shape index (κ1) is 18.7. The molecule has 0 bridgehead atoms. The predicted molar refractivity (Wildman–Crippen MR) is 99.8 cm³/mol. The van der Waals surface area contributed by atoms with Crippen LogP contribution in [0.2, 0.25) is 0 Å². The van der Waals surface area contributed by atoms with Crippen LogP contribution in [0.3, 0.4) is 0 Å². The third-order valence-electron chi connectivity index (χ3n) is 5.02. The average molecular weight is 359 g/mol. The number of ether oxygens (including phenoxy) is 2. The second kappa shape index (κ2) is 6.93. The van der Waals surface area contributed by atoms with Crippen molar-refractivity contribution in [3.63, 3.8) is 0 Å². The van der Waals surface area contributed by atoms with Gasteiger partial charge in [0.2, 0.25) is 0 Å². The summed E-state index contributed by atoms with van der Waals surface area (Å²) in [6, 6.07) is 5.95. The highest BCUT2D eigenvalue weighted by Crippen LogP contribution is 2.40. The molecular weight excluding hydrogens is 330 g/mol. The van der Waals surface area contributed by atoms with E-state index >= 15 is 0 Å². The Bertz CT molecular complexity index is 696. The number of hydrogen-bond donors (Lipinski definition) is 0. The van der Waals surface area contributed by atoms with Crippen molar-refractivity contribution in [3.8, 4) is 5.75 Å². The van der Waals surface area contributed by atoms with Gasteiger partial charge >= 0.3 is 6.09 Å². The molecule has 3 rings (SSSR count). The van der Waals surface area contributed by atoms with Crippen molar-refractivity contribution in [1.82, 2.24) is 4.90 Å². The second-order valence-electron chi connectivity index (χ2n) is 8.43. The number of nitrogens with zero attached hydrogens (tertiary/aromatic N) is 1. The van der Waals surface area contributed by atoms with Crippen molar-refractivity contribution in [2.24, 2.45) is 0 Å². The monoisotopic (exact) mass is 359 g/mol. The van der Waals surface area contributed by atoms with Gasteiger partial charge < -0.3 is 14.4 Å². The maximum atomic E-state index is 12.7. The number of ketones is 1. The van der Waals surface area contributed by atoms with Crippen molar-refractivity contribution in [3.05, 3.63) is 29.3 Å². The van der Waals surface area contributed by atoms with Crippen molar-refractivity contribution >= 4 is 11.9 Å². The number of aryl methyl sites for hydroxylation is 1. The zero-order chi connectivity index (χ0) is 18.9. The van der Waals surface area contributed by atoms with Gasteiger partial charge in [0.05, 0.1) is 12.0 Å². The number of Topliss-reactive ketones (excluding diaryl/α,β-unsaturated/α-hetero) is 1. The minimum absolute atomic E-state index is 0.148. The molecule has 2 aliphatic rings. The minimum atomic E-state index is -0.501. The van der Waals surface area contributed by atoms with E-state index in [1.807, 2.05) is 39.0 Å². The van der Waals surface area contributed by atoms with Crippen molar-refractivity contribution in [2.75, 3.05) is 13.1 Å². The summed E-state index contributed by atoms with van der Waals surface area (Å²) in [5.74, 6) is 0.835. The standard InChI is InChI=1S/C21H29NO4/c1-5-6-15-7-8-18-16(13-15)17(23)14-21(25-18)9-11-22(12-10-21)19(24)26-20(2,3)4/h7-8,13H,5-6,9-12,14H2,1-4H3. The SMILES string of the molecule is CCCc1ccc2c(c1)C(=O)CC1(CCN(C(=O)OC(C)(C)C)CC1)O2. The molecule has 5 nitrogen and oxygen atoms in total. The number of piperidine rings is 1. The van der Waals surface area contributed by atoms with E-state index in [1.54, 1.807) is 4.90 Å². The van der Waals surface area contributed by atoms with Gasteiger partial charge in [-0.05, 0) is 44.9 Å². The highest BCUT2D eigenvalue weighted by molar-refractivity contribution is 6.00. The van der Waals surface area contributed by atoms with Crippen molar-refractivity contribution in [2.45, 2.75) is 71.0 Å². The van der Waals surface area contributed by atoms with Gasteiger partial charge in [-0.25, -0.2) is 4.79 Å². The Morgan fingerprint density at radius 2 is 1.96 bits per heavy atom. The molecule has 1 aromatic rings. The third-order valence-corrected chi connectivity index (χ3v) is 5.02. The molecule has 5 heteroatoms. The highest BCUT2D eigenvalue weighted by atomic mass is 16.6. The number of amides is 1. The normalized spacial score (nSPS) is 19.1. The number of carbonyl (C=O) groups is 2. The fourth-order valence-electron chi connectivity index (χ4n) is 3.69. The fourth-order valence-corrected chi connectivity index (χ4v) is 3.69. The number of fused-ring (bicyclic) bond motifs is 1. The van der Waals surface area contributed by atoms with Gasteiger partial charge in [-0.15, -0.1) is 0 Å². The summed E-state index contributed by atoms with van der Waals surface area (Å²) in [6.07, 6.45) is 3.41. The molecular formula is C21H29NO4. The van der Waals surface area contributed by atoms with Crippen LogP contribution in [-0.4, -0.2) is 41.1 Å². The molecule has 2 aliphatic heterocycles. The predicted octanol–water partition coefficient (Wildman–Crippen LogP) is 4.37. The summed E-state index contributed by atoms with van der Waals surface area (Å²) in [7, 11) is 0. The molecule has 0 saturated carbocycles. The largest absolute Gasteiger partial charge is 0.486 e. The minimum Gasteiger partial charge on any atom is -0.486 e.